The van der Waals surface area contributed by atoms with E-state index in [0.29, 0.717) is 0 Å². The average Bonchev–Trinajstić information content (AvgIpc) is 2.41. The van der Waals surface area contributed by atoms with Crippen LogP contribution in [0.4, 0.5) is 11.5 Å². The normalized spacial score (nSPS) is 10.3. The van der Waals surface area contributed by atoms with Crippen LogP contribution in [-0.4, -0.2) is 4.98 Å². The number of aromatic nitrogens is 1. The molecule has 0 saturated heterocycles. The fourth-order valence-corrected chi connectivity index (χ4v) is 1.92. The van der Waals surface area contributed by atoms with Gasteiger partial charge >= 0.3 is 0 Å². The van der Waals surface area contributed by atoms with Crippen LogP contribution in [0.1, 0.15) is 24.5 Å². The summed E-state index contributed by atoms with van der Waals surface area (Å²) in [5.74, 6) is 0.782. The molecule has 1 heterocycles. The Labute approximate surface area is 108 Å². The predicted octanol–water partition coefficient (Wildman–Crippen LogP) is 3.23. The first-order chi connectivity index (χ1) is 8.81. The van der Waals surface area contributed by atoms with Gasteiger partial charge in [0, 0.05) is 12.7 Å². The summed E-state index contributed by atoms with van der Waals surface area (Å²) < 4.78 is 0. The molecule has 0 spiro atoms. The van der Waals surface area contributed by atoms with Crippen molar-refractivity contribution in [3.8, 4) is 0 Å². The van der Waals surface area contributed by atoms with Gasteiger partial charge in [0.2, 0.25) is 0 Å². The molecule has 0 saturated carbocycles. The molecule has 0 aliphatic heterocycles. The number of anilines is 2. The summed E-state index contributed by atoms with van der Waals surface area (Å²) >= 11 is 0. The third-order valence-electron chi connectivity index (χ3n) is 2.90. The fourth-order valence-electron chi connectivity index (χ4n) is 1.92. The second-order valence-corrected chi connectivity index (χ2v) is 4.32. The zero-order valence-electron chi connectivity index (χ0n) is 10.7. The highest BCUT2D eigenvalue weighted by Gasteiger charge is 2.05. The van der Waals surface area contributed by atoms with Crippen molar-refractivity contribution in [3.63, 3.8) is 0 Å². The standard InChI is InChI=1S/C15H19N3/c1-2-6-13-9-10-17-15(14(13)16)18-11-12-7-4-3-5-8-12/h3-5,7-10H,2,6,11,16H2,1H3,(H,17,18). The van der Waals surface area contributed by atoms with E-state index in [1.807, 2.05) is 30.5 Å². The highest BCUT2D eigenvalue weighted by molar-refractivity contribution is 5.65. The van der Waals surface area contributed by atoms with Gasteiger partial charge in [-0.1, -0.05) is 43.7 Å². The monoisotopic (exact) mass is 241 g/mol. The number of nitrogens with two attached hydrogens (primary N) is 1. The number of benzene rings is 1. The first-order valence-corrected chi connectivity index (χ1v) is 6.32. The number of rotatable bonds is 5. The highest BCUT2D eigenvalue weighted by atomic mass is 15.0. The zero-order chi connectivity index (χ0) is 12.8. The first kappa shape index (κ1) is 12.4. The molecular formula is C15H19N3. The minimum Gasteiger partial charge on any atom is -0.396 e. The number of nitrogen functional groups attached to an aromatic ring is 1. The molecule has 94 valence electrons. The number of hydrogen-bond donors (Lipinski definition) is 2. The molecule has 1 aromatic heterocycles. The lowest BCUT2D eigenvalue weighted by atomic mass is 10.1. The molecule has 0 fully saturated rings. The number of nitrogens with zero attached hydrogens (tertiary/aromatic N) is 1. The molecule has 3 heteroatoms. The van der Waals surface area contributed by atoms with Gasteiger partial charge in [-0.3, -0.25) is 0 Å². The van der Waals surface area contributed by atoms with Crippen molar-refractivity contribution in [1.82, 2.24) is 4.98 Å². The molecule has 0 bridgehead atoms. The molecule has 0 aliphatic carbocycles. The van der Waals surface area contributed by atoms with Crippen LogP contribution in [0.2, 0.25) is 0 Å². The molecule has 0 radical (unpaired) electrons. The summed E-state index contributed by atoms with van der Waals surface area (Å²) in [4.78, 5) is 4.30. The van der Waals surface area contributed by atoms with Gasteiger partial charge in [-0.2, -0.15) is 0 Å². The van der Waals surface area contributed by atoms with E-state index in [1.54, 1.807) is 0 Å². The number of aryl methyl sites for hydroxylation is 1. The Hall–Kier alpha value is -2.03. The second-order valence-electron chi connectivity index (χ2n) is 4.32. The van der Waals surface area contributed by atoms with Crippen molar-refractivity contribution in [1.29, 1.82) is 0 Å². The summed E-state index contributed by atoms with van der Waals surface area (Å²) in [5.41, 5.74) is 9.27. The summed E-state index contributed by atoms with van der Waals surface area (Å²) in [5, 5.41) is 3.29. The van der Waals surface area contributed by atoms with Crippen LogP contribution in [0.3, 0.4) is 0 Å². The molecule has 2 rings (SSSR count). The minimum atomic E-state index is 0.744. The second kappa shape index (κ2) is 6.05. The number of pyridine rings is 1. The van der Waals surface area contributed by atoms with Crippen LogP contribution >= 0.6 is 0 Å². The molecule has 0 atom stereocenters. The van der Waals surface area contributed by atoms with Gasteiger partial charge in [-0.05, 0) is 23.6 Å². The van der Waals surface area contributed by atoms with E-state index in [1.165, 1.54) is 11.1 Å². The minimum absolute atomic E-state index is 0.744. The largest absolute Gasteiger partial charge is 0.396 e. The third kappa shape index (κ3) is 3.00. The summed E-state index contributed by atoms with van der Waals surface area (Å²) in [6.45, 7) is 2.89. The van der Waals surface area contributed by atoms with Crippen LogP contribution < -0.4 is 11.1 Å². The summed E-state index contributed by atoms with van der Waals surface area (Å²) in [7, 11) is 0. The van der Waals surface area contributed by atoms with Crippen LogP contribution in [0.25, 0.3) is 0 Å². The highest BCUT2D eigenvalue weighted by Crippen LogP contribution is 2.21. The molecule has 0 unspecified atom stereocenters. The molecular weight excluding hydrogens is 222 g/mol. The van der Waals surface area contributed by atoms with Gasteiger partial charge in [0.25, 0.3) is 0 Å². The molecule has 0 aliphatic rings. The molecule has 1 aromatic carbocycles. The third-order valence-corrected chi connectivity index (χ3v) is 2.90. The van der Waals surface area contributed by atoms with E-state index in [-0.39, 0.29) is 0 Å². The van der Waals surface area contributed by atoms with Gasteiger partial charge in [0.05, 0.1) is 5.69 Å². The Bertz CT molecular complexity index is 494. The maximum Gasteiger partial charge on any atom is 0.149 e. The summed E-state index contributed by atoms with van der Waals surface area (Å²) in [6.07, 6.45) is 3.90. The van der Waals surface area contributed by atoms with Crippen LogP contribution in [0.15, 0.2) is 42.6 Å². The Kier molecular flexibility index (Phi) is 4.18. The smallest absolute Gasteiger partial charge is 0.149 e. The average molecular weight is 241 g/mol. The predicted molar refractivity (Wildman–Crippen MR) is 76.4 cm³/mol. The molecule has 18 heavy (non-hydrogen) atoms. The van der Waals surface area contributed by atoms with Crippen molar-refractivity contribution in [2.75, 3.05) is 11.1 Å². The van der Waals surface area contributed by atoms with Crippen molar-refractivity contribution >= 4 is 11.5 Å². The van der Waals surface area contributed by atoms with Gasteiger partial charge in [-0.25, -0.2) is 4.98 Å². The number of hydrogen-bond acceptors (Lipinski definition) is 3. The van der Waals surface area contributed by atoms with Crippen LogP contribution in [0.5, 0.6) is 0 Å². The maximum atomic E-state index is 6.11. The Morgan fingerprint density at radius 3 is 2.67 bits per heavy atom. The zero-order valence-corrected chi connectivity index (χ0v) is 10.7. The van der Waals surface area contributed by atoms with Crippen molar-refractivity contribution < 1.29 is 0 Å². The lowest BCUT2D eigenvalue weighted by Crippen LogP contribution is -2.06. The first-order valence-electron chi connectivity index (χ1n) is 6.32. The molecule has 2 aromatic rings. The Morgan fingerprint density at radius 2 is 1.94 bits per heavy atom. The van der Waals surface area contributed by atoms with Gasteiger partial charge < -0.3 is 11.1 Å². The van der Waals surface area contributed by atoms with Crippen molar-refractivity contribution in [3.05, 3.63) is 53.7 Å². The molecule has 0 amide bonds. The van der Waals surface area contributed by atoms with Crippen molar-refractivity contribution in [2.24, 2.45) is 0 Å². The van der Waals surface area contributed by atoms with Crippen LogP contribution in [-0.2, 0) is 13.0 Å². The SMILES string of the molecule is CCCc1ccnc(NCc2ccccc2)c1N. The Morgan fingerprint density at radius 1 is 1.17 bits per heavy atom. The Balaban J connectivity index is 2.08. The molecule has 3 nitrogen and oxygen atoms in total. The van der Waals surface area contributed by atoms with E-state index in [2.05, 4.69) is 29.4 Å². The van der Waals surface area contributed by atoms with E-state index in [9.17, 15) is 0 Å². The number of nitrogens with one attached hydrogen (secondary N) is 1. The fraction of sp³-hybridized carbons (Fsp3) is 0.267. The summed E-state index contributed by atoms with van der Waals surface area (Å²) in [6, 6.07) is 12.2. The van der Waals surface area contributed by atoms with Gasteiger partial charge in [0.1, 0.15) is 5.82 Å². The van der Waals surface area contributed by atoms with E-state index in [4.69, 9.17) is 5.73 Å². The maximum absolute atomic E-state index is 6.11. The van der Waals surface area contributed by atoms with E-state index in [0.717, 1.165) is 30.9 Å². The van der Waals surface area contributed by atoms with Gasteiger partial charge in [0.15, 0.2) is 0 Å². The quantitative estimate of drug-likeness (QED) is 0.845. The van der Waals surface area contributed by atoms with Crippen LogP contribution in [0, 0.1) is 0 Å². The van der Waals surface area contributed by atoms with E-state index >= 15 is 0 Å². The van der Waals surface area contributed by atoms with Gasteiger partial charge in [-0.15, -0.1) is 0 Å². The van der Waals surface area contributed by atoms with Crippen molar-refractivity contribution in [2.45, 2.75) is 26.3 Å². The van der Waals surface area contributed by atoms with E-state index < -0.39 is 0 Å². The molecule has 3 N–H and O–H groups in total. The lowest BCUT2D eigenvalue weighted by molar-refractivity contribution is 0.920. The lowest BCUT2D eigenvalue weighted by Gasteiger charge is -2.11. The topological polar surface area (TPSA) is 50.9 Å².